The van der Waals surface area contributed by atoms with E-state index in [-0.39, 0.29) is 11.8 Å². The number of hydrogen-bond donors (Lipinski definition) is 1. The molecule has 33 heavy (non-hydrogen) atoms. The second-order valence-corrected chi connectivity index (χ2v) is 9.03. The van der Waals surface area contributed by atoms with E-state index in [1.54, 1.807) is 13.1 Å². The van der Waals surface area contributed by atoms with Gasteiger partial charge in [-0.05, 0) is 31.2 Å². The summed E-state index contributed by atoms with van der Waals surface area (Å²) in [5.74, 6) is -2.43. The fraction of sp³-hybridized carbons (Fsp3) is 0.522. The third-order valence-electron chi connectivity index (χ3n) is 5.87. The molecule has 1 fully saturated rings. The fourth-order valence-corrected chi connectivity index (χ4v) is 3.85. The normalized spacial score (nSPS) is 16.0. The number of aromatic nitrogens is 2. The van der Waals surface area contributed by atoms with Gasteiger partial charge in [0.1, 0.15) is 0 Å². The molecular formula is C23H27F4N3O3. The molecule has 6 nitrogen and oxygen atoms in total. The van der Waals surface area contributed by atoms with Crippen LogP contribution >= 0.6 is 0 Å². The summed E-state index contributed by atoms with van der Waals surface area (Å²) in [7, 11) is 0. The number of halogens is 4. The molecule has 2 aromatic rings. The van der Waals surface area contributed by atoms with Crippen LogP contribution in [0, 0.1) is 18.2 Å². The lowest BCUT2D eigenvalue weighted by molar-refractivity contribution is -0.140. The first-order chi connectivity index (χ1) is 15.4. The number of piperidine rings is 1. The lowest BCUT2D eigenvalue weighted by atomic mass is 9.82. The SMILES string of the molecule is Cc1ncc(-c2cnc(OCCC(F)(F)F)c(F)c2)c(N2CCC(C)(C)CC2)c1CC(=O)O. The Morgan fingerprint density at radius 2 is 1.88 bits per heavy atom. The smallest absolute Gasteiger partial charge is 0.392 e. The number of carboxylic acids is 1. The highest BCUT2D eigenvalue weighted by atomic mass is 19.4. The molecule has 0 radical (unpaired) electrons. The van der Waals surface area contributed by atoms with Crippen molar-refractivity contribution < 1.29 is 32.2 Å². The van der Waals surface area contributed by atoms with Gasteiger partial charge in [-0.25, -0.2) is 9.37 Å². The molecule has 0 saturated carbocycles. The van der Waals surface area contributed by atoms with Crippen molar-refractivity contribution in [3.63, 3.8) is 0 Å². The van der Waals surface area contributed by atoms with Crippen molar-refractivity contribution in [2.45, 2.75) is 52.6 Å². The molecule has 0 spiro atoms. The van der Waals surface area contributed by atoms with Gasteiger partial charge in [0, 0.05) is 47.9 Å². The molecule has 0 amide bonds. The van der Waals surface area contributed by atoms with E-state index in [4.69, 9.17) is 4.74 Å². The van der Waals surface area contributed by atoms with Gasteiger partial charge < -0.3 is 14.7 Å². The van der Waals surface area contributed by atoms with Gasteiger partial charge in [-0.1, -0.05) is 13.8 Å². The summed E-state index contributed by atoms with van der Waals surface area (Å²) in [4.78, 5) is 21.9. The van der Waals surface area contributed by atoms with Gasteiger partial charge in [-0.15, -0.1) is 0 Å². The Bertz CT molecular complexity index is 1010. The Kier molecular flexibility index (Phi) is 7.14. The van der Waals surface area contributed by atoms with E-state index in [1.807, 2.05) is 0 Å². The molecule has 180 valence electrons. The molecule has 1 saturated heterocycles. The third-order valence-corrected chi connectivity index (χ3v) is 5.87. The van der Waals surface area contributed by atoms with Gasteiger partial charge in [0.25, 0.3) is 0 Å². The van der Waals surface area contributed by atoms with Crippen molar-refractivity contribution >= 4 is 11.7 Å². The summed E-state index contributed by atoms with van der Waals surface area (Å²) in [5.41, 5.74) is 2.81. The Morgan fingerprint density at radius 3 is 2.45 bits per heavy atom. The van der Waals surface area contributed by atoms with Crippen LogP contribution in [0.2, 0.25) is 0 Å². The van der Waals surface area contributed by atoms with E-state index >= 15 is 0 Å². The predicted octanol–water partition coefficient (Wildman–Crippen LogP) is 5.18. The largest absolute Gasteiger partial charge is 0.481 e. The fourth-order valence-electron chi connectivity index (χ4n) is 3.85. The second kappa shape index (κ2) is 9.52. The Balaban J connectivity index is 1.98. The number of rotatable bonds is 7. The Labute approximate surface area is 189 Å². The van der Waals surface area contributed by atoms with Crippen LogP contribution in [0.1, 0.15) is 44.4 Å². The topological polar surface area (TPSA) is 75.6 Å². The maximum atomic E-state index is 14.6. The molecule has 1 N–H and O–H groups in total. The number of aliphatic carboxylic acids is 1. The van der Waals surface area contributed by atoms with Crippen LogP contribution in [0.25, 0.3) is 11.1 Å². The molecule has 1 aliphatic heterocycles. The van der Waals surface area contributed by atoms with Crippen LogP contribution < -0.4 is 9.64 Å². The molecule has 0 atom stereocenters. The highest BCUT2D eigenvalue weighted by molar-refractivity contribution is 5.84. The standard InChI is InChI=1S/C23H27F4N3O3/c1-14-16(11-19(31)32)20(30-7-4-22(2,3)5-8-30)17(13-28-14)15-10-18(24)21(29-12-15)33-9-6-23(25,26)27/h10,12-13H,4-9,11H2,1-3H3,(H,31,32). The average Bonchev–Trinajstić information content (AvgIpc) is 2.70. The monoisotopic (exact) mass is 469 g/mol. The summed E-state index contributed by atoms with van der Waals surface area (Å²) >= 11 is 0. The molecule has 2 aromatic heterocycles. The van der Waals surface area contributed by atoms with Crippen molar-refractivity contribution in [3.8, 4) is 17.0 Å². The summed E-state index contributed by atoms with van der Waals surface area (Å²) in [6, 6.07) is 1.13. The maximum Gasteiger partial charge on any atom is 0.392 e. The van der Waals surface area contributed by atoms with Crippen LogP contribution in [0.15, 0.2) is 18.5 Å². The number of pyridine rings is 2. The van der Waals surface area contributed by atoms with Crippen LogP contribution in [-0.2, 0) is 11.2 Å². The molecule has 3 rings (SSSR count). The maximum absolute atomic E-state index is 14.6. The van der Waals surface area contributed by atoms with Gasteiger partial charge in [0.2, 0.25) is 5.88 Å². The van der Waals surface area contributed by atoms with E-state index in [1.165, 1.54) is 6.20 Å². The van der Waals surface area contributed by atoms with Gasteiger partial charge in [-0.2, -0.15) is 13.2 Å². The van der Waals surface area contributed by atoms with Gasteiger partial charge >= 0.3 is 12.1 Å². The number of carbonyl (C=O) groups is 1. The minimum absolute atomic E-state index is 0.161. The Hall–Kier alpha value is -2.91. The summed E-state index contributed by atoms with van der Waals surface area (Å²) < 4.78 is 56.5. The summed E-state index contributed by atoms with van der Waals surface area (Å²) in [6.07, 6.45) is -1.21. The van der Waals surface area contributed by atoms with Crippen molar-refractivity contribution in [1.29, 1.82) is 0 Å². The van der Waals surface area contributed by atoms with E-state index in [2.05, 4.69) is 28.7 Å². The zero-order valence-corrected chi connectivity index (χ0v) is 18.8. The number of nitrogens with zero attached hydrogens (tertiary/aromatic N) is 3. The van der Waals surface area contributed by atoms with Crippen molar-refractivity contribution in [3.05, 3.63) is 35.5 Å². The average molecular weight is 469 g/mol. The number of ether oxygens (including phenoxy) is 1. The number of anilines is 1. The van der Waals surface area contributed by atoms with Crippen molar-refractivity contribution in [1.82, 2.24) is 9.97 Å². The van der Waals surface area contributed by atoms with E-state index in [0.717, 1.165) is 18.9 Å². The minimum atomic E-state index is -4.41. The molecule has 0 aromatic carbocycles. The van der Waals surface area contributed by atoms with E-state index in [0.29, 0.717) is 41.2 Å². The zero-order valence-electron chi connectivity index (χ0n) is 18.8. The second-order valence-electron chi connectivity index (χ2n) is 9.03. The molecule has 0 unspecified atom stereocenters. The molecule has 3 heterocycles. The summed E-state index contributed by atoms with van der Waals surface area (Å²) in [5, 5.41) is 9.46. The van der Waals surface area contributed by atoms with Crippen LogP contribution in [-0.4, -0.2) is 46.9 Å². The third kappa shape index (κ3) is 6.33. The number of hydrogen-bond acceptors (Lipinski definition) is 5. The minimum Gasteiger partial charge on any atom is -0.481 e. The molecular weight excluding hydrogens is 442 g/mol. The van der Waals surface area contributed by atoms with Gasteiger partial charge in [0.15, 0.2) is 5.82 Å². The van der Waals surface area contributed by atoms with Gasteiger partial charge in [0.05, 0.1) is 25.1 Å². The first-order valence-corrected chi connectivity index (χ1v) is 10.7. The quantitative estimate of drug-likeness (QED) is 0.564. The lowest BCUT2D eigenvalue weighted by Gasteiger charge is -2.40. The van der Waals surface area contributed by atoms with Crippen molar-refractivity contribution in [2.24, 2.45) is 5.41 Å². The van der Waals surface area contributed by atoms with Gasteiger partial charge in [-0.3, -0.25) is 9.78 Å². The lowest BCUT2D eigenvalue weighted by Crippen LogP contribution is -2.38. The Morgan fingerprint density at radius 1 is 1.21 bits per heavy atom. The number of alkyl halides is 3. The van der Waals surface area contributed by atoms with E-state index < -0.39 is 36.9 Å². The highest BCUT2D eigenvalue weighted by Gasteiger charge is 2.30. The van der Waals surface area contributed by atoms with Crippen LogP contribution in [0.4, 0.5) is 23.2 Å². The van der Waals surface area contributed by atoms with Crippen LogP contribution in [0.3, 0.4) is 0 Å². The first-order valence-electron chi connectivity index (χ1n) is 10.7. The highest BCUT2D eigenvalue weighted by Crippen LogP contribution is 2.40. The molecule has 0 aliphatic carbocycles. The predicted molar refractivity (Wildman–Crippen MR) is 115 cm³/mol. The van der Waals surface area contributed by atoms with Crippen LogP contribution in [0.5, 0.6) is 5.88 Å². The number of carboxylic acid groups (broad SMARTS) is 1. The number of aryl methyl sites for hydroxylation is 1. The van der Waals surface area contributed by atoms with Crippen molar-refractivity contribution in [2.75, 3.05) is 24.6 Å². The van der Waals surface area contributed by atoms with E-state index in [9.17, 15) is 27.5 Å². The molecule has 0 bridgehead atoms. The first kappa shape index (κ1) is 24.7. The molecule has 1 aliphatic rings. The summed E-state index contributed by atoms with van der Waals surface area (Å²) in [6.45, 7) is 6.75. The molecule has 10 heteroatoms. The zero-order chi connectivity index (χ0) is 24.4.